The summed E-state index contributed by atoms with van der Waals surface area (Å²) in [4.78, 5) is 17.1. The quantitative estimate of drug-likeness (QED) is 0.683. The minimum absolute atomic E-state index is 0.0579. The number of amides is 1. The van der Waals surface area contributed by atoms with Gasteiger partial charge in [-0.15, -0.1) is 0 Å². The van der Waals surface area contributed by atoms with E-state index in [4.69, 9.17) is 4.74 Å². The van der Waals surface area contributed by atoms with Gasteiger partial charge in [-0.25, -0.2) is 0 Å². The number of methoxy groups -OCH3 is 1. The van der Waals surface area contributed by atoms with Crippen molar-refractivity contribution in [3.8, 4) is 11.5 Å². The molecule has 0 atom stereocenters. The smallest absolute Gasteiger partial charge is 0.387 e. The van der Waals surface area contributed by atoms with Gasteiger partial charge >= 0.3 is 6.61 Å². The van der Waals surface area contributed by atoms with Crippen LogP contribution in [0.15, 0.2) is 42.5 Å². The summed E-state index contributed by atoms with van der Waals surface area (Å²) < 4.78 is 34.3. The molecule has 0 spiro atoms. The number of benzene rings is 2. The molecule has 0 unspecified atom stereocenters. The summed E-state index contributed by atoms with van der Waals surface area (Å²) in [5.41, 5.74) is 3.73. The van der Waals surface area contributed by atoms with Crippen LogP contribution in [0.2, 0.25) is 0 Å². The van der Waals surface area contributed by atoms with Gasteiger partial charge in [-0.1, -0.05) is 17.7 Å². The average molecular weight is 386 g/mol. The van der Waals surface area contributed by atoms with E-state index in [1.54, 1.807) is 19.1 Å². The Hall–Kier alpha value is -3.22. The van der Waals surface area contributed by atoms with Crippen LogP contribution in [-0.4, -0.2) is 24.6 Å². The van der Waals surface area contributed by atoms with Gasteiger partial charge in [-0.05, 0) is 49.7 Å². The highest BCUT2D eigenvalue weighted by molar-refractivity contribution is 5.98. The van der Waals surface area contributed by atoms with Gasteiger partial charge in [0.25, 0.3) is 5.91 Å². The van der Waals surface area contributed by atoms with E-state index in [0.29, 0.717) is 16.8 Å². The normalized spacial score (nSPS) is 10.9. The zero-order chi connectivity index (χ0) is 20.3. The number of rotatable bonds is 6. The summed E-state index contributed by atoms with van der Waals surface area (Å²) >= 11 is 0. The number of ether oxygens (including phenoxy) is 2. The van der Waals surface area contributed by atoms with Crippen LogP contribution in [0.5, 0.6) is 11.5 Å². The molecule has 146 valence electrons. The Labute approximate surface area is 161 Å². The monoisotopic (exact) mass is 386 g/mol. The fraction of sp³-hybridized carbons (Fsp3) is 0.238. The van der Waals surface area contributed by atoms with Crippen molar-refractivity contribution in [1.82, 2.24) is 10.3 Å². The van der Waals surface area contributed by atoms with E-state index in [-0.39, 0.29) is 24.0 Å². The Morgan fingerprint density at radius 1 is 1.11 bits per heavy atom. The number of pyridine rings is 1. The minimum atomic E-state index is -2.94. The molecule has 1 amide bonds. The molecule has 0 aliphatic carbocycles. The molecule has 1 N–H and O–H groups in total. The summed E-state index contributed by atoms with van der Waals surface area (Å²) in [6, 6.07) is 12.2. The molecule has 0 saturated carbocycles. The van der Waals surface area contributed by atoms with E-state index in [2.05, 4.69) is 15.0 Å². The Kier molecular flexibility index (Phi) is 5.73. The van der Waals surface area contributed by atoms with Crippen LogP contribution < -0.4 is 14.8 Å². The van der Waals surface area contributed by atoms with Crippen molar-refractivity contribution in [3.63, 3.8) is 0 Å². The van der Waals surface area contributed by atoms with E-state index in [0.717, 1.165) is 16.5 Å². The SMILES string of the molecule is COc1cc(CNC(=O)c2cc3cc(C)ccc3nc2C)ccc1OC(F)F. The van der Waals surface area contributed by atoms with Crippen molar-refractivity contribution in [2.75, 3.05) is 7.11 Å². The lowest BCUT2D eigenvalue weighted by molar-refractivity contribution is -0.0512. The second kappa shape index (κ2) is 8.21. The molecule has 3 aromatic rings. The van der Waals surface area contributed by atoms with Gasteiger partial charge in [0.2, 0.25) is 0 Å². The van der Waals surface area contributed by atoms with Gasteiger partial charge in [0.15, 0.2) is 11.5 Å². The second-order valence-corrected chi connectivity index (χ2v) is 6.36. The Balaban J connectivity index is 1.77. The zero-order valence-corrected chi connectivity index (χ0v) is 15.8. The van der Waals surface area contributed by atoms with E-state index in [1.807, 2.05) is 31.2 Å². The third kappa shape index (κ3) is 4.36. The fourth-order valence-corrected chi connectivity index (χ4v) is 2.91. The number of carbonyl (C=O) groups is 1. The number of hydrogen-bond donors (Lipinski definition) is 1. The molecular weight excluding hydrogens is 366 g/mol. The van der Waals surface area contributed by atoms with Gasteiger partial charge < -0.3 is 14.8 Å². The first-order valence-electron chi connectivity index (χ1n) is 8.65. The minimum Gasteiger partial charge on any atom is -0.493 e. The Morgan fingerprint density at radius 3 is 2.61 bits per heavy atom. The van der Waals surface area contributed by atoms with E-state index in [1.165, 1.54) is 13.2 Å². The van der Waals surface area contributed by atoms with Crippen LogP contribution in [0.3, 0.4) is 0 Å². The molecule has 0 radical (unpaired) electrons. The maximum Gasteiger partial charge on any atom is 0.387 e. The maximum absolute atomic E-state index is 12.6. The molecule has 0 aliphatic heterocycles. The fourth-order valence-electron chi connectivity index (χ4n) is 2.91. The highest BCUT2D eigenvalue weighted by atomic mass is 19.3. The summed E-state index contributed by atoms with van der Waals surface area (Å²) in [7, 11) is 1.36. The molecule has 1 heterocycles. The van der Waals surface area contributed by atoms with Crippen LogP contribution >= 0.6 is 0 Å². The first kappa shape index (κ1) is 19.5. The lowest BCUT2D eigenvalue weighted by atomic mass is 10.1. The van der Waals surface area contributed by atoms with Crippen LogP contribution in [0.1, 0.15) is 27.2 Å². The van der Waals surface area contributed by atoms with Crippen LogP contribution in [0, 0.1) is 13.8 Å². The molecule has 5 nitrogen and oxygen atoms in total. The number of nitrogens with zero attached hydrogens (tertiary/aromatic N) is 1. The van der Waals surface area contributed by atoms with Gasteiger partial charge in [0.05, 0.1) is 23.9 Å². The van der Waals surface area contributed by atoms with Gasteiger partial charge in [0, 0.05) is 11.9 Å². The van der Waals surface area contributed by atoms with Crippen LogP contribution in [-0.2, 0) is 6.54 Å². The molecule has 28 heavy (non-hydrogen) atoms. The van der Waals surface area contributed by atoms with Crippen molar-refractivity contribution in [1.29, 1.82) is 0 Å². The Morgan fingerprint density at radius 2 is 1.89 bits per heavy atom. The Bertz CT molecular complexity index is 1020. The number of aromatic nitrogens is 1. The number of alkyl halides is 2. The maximum atomic E-state index is 12.6. The molecule has 1 aromatic heterocycles. The summed E-state index contributed by atoms with van der Waals surface area (Å²) in [6.45, 7) is 1.03. The number of nitrogens with one attached hydrogen (secondary N) is 1. The lowest BCUT2D eigenvalue weighted by Crippen LogP contribution is -2.24. The highest BCUT2D eigenvalue weighted by Crippen LogP contribution is 2.29. The van der Waals surface area contributed by atoms with Crippen LogP contribution in [0.4, 0.5) is 8.78 Å². The molecule has 7 heteroatoms. The van der Waals surface area contributed by atoms with Crippen LogP contribution in [0.25, 0.3) is 10.9 Å². The third-order valence-corrected chi connectivity index (χ3v) is 4.30. The molecule has 2 aromatic carbocycles. The molecule has 0 saturated heterocycles. The van der Waals surface area contributed by atoms with Gasteiger partial charge in [-0.2, -0.15) is 8.78 Å². The van der Waals surface area contributed by atoms with Gasteiger partial charge in [-0.3, -0.25) is 9.78 Å². The molecule has 0 bridgehead atoms. The predicted molar refractivity (Wildman–Crippen MR) is 102 cm³/mol. The highest BCUT2D eigenvalue weighted by Gasteiger charge is 2.14. The van der Waals surface area contributed by atoms with Gasteiger partial charge in [0.1, 0.15) is 0 Å². The van der Waals surface area contributed by atoms with E-state index in [9.17, 15) is 13.6 Å². The second-order valence-electron chi connectivity index (χ2n) is 6.36. The average Bonchev–Trinajstić information content (AvgIpc) is 2.66. The summed E-state index contributed by atoms with van der Waals surface area (Å²) in [5.74, 6) is -0.149. The third-order valence-electron chi connectivity index (χ3n) is 4.30. The van der Waals surface area contributed by atoms with E-state index >= 15 is 0 Å². The largest absolute Gasteiger partial charge is 0.493 e. The number of hydrogen-bond acceptors (Lipinski definition) is 4. The first-order valence-corrected chi connectivity index (χ1v) is 8.65. The topological polar surface area (TPSA) is 60.5 Å². The number of aryl methyl sites for hydroxylation is 2. The van der Waals surface area contributed by atoms with Crippen molar-refractivity contribution in [2.45, 2.75) is 27.0 Å². The van der Waals surface area contributed by atoms with Crippen molar-refractivity contribution in [2.24, 2.45) is 0 Å². The number of halogens is 2. The standard InChI is InChI=1S/C21H20F2N2O3/c1-12-4-6-17-15(8-12)10-16(13(2)25-17)20(26)24-11-14-5-7-18(28-21(22)23)19(9-14)27-3/h4-10,21H,11H2,1-3H3,(H,24,26). The molecule has 3 rings (SSSR count). The lowest BCUT2D eigenvalue weighted by Gasteiger charge is -2.12. The van der Waals surface area contributed by atoms with Crippen molar-refractivity contribution >= 4 is 16.8 Å². The zero-order valence-electron chi connectivity index (χ0n) is 15.8. The molecule has 0 aliphatic rings. The molecule has 0 fully saturated rings. The predicted octanol–water partition coefficient (Wildman–Crippen LogP) is 4.39. The van der Waals surface area contributed by atoms with E-state index < -0.39 is 6.61 Å². The van der Waals surface area contributed by atoms with Crippen molar-refractivity contribution in [3.05, 3.63) is 64.8 Å². The summed E-state index contributed by atoms with van der Waals surface area (Å²) in [5, 5.41) is 3.72. The van der Waals surface area contributed by atoms with Crippen molar-refractivity contribution < 1.29 is 23.0 Å². The first-order chi connectivity index (χ1) is 13.4. The molecular formula is C21H20F2N2O3. The number of carbonyl (C=O) groups excluding carboxylic acids is 1. The number of fused-ring (bicyclic) bond motifs is 1. The summed E-state index contributed by atoms with van der Waals surface area (Å²) in [6.07, 6.45) is 0.